The Hall–Kier alpha value is -2.37. The number of nitrogens with zero attached hydrogens (tertiary/aromatic N) is 4. The van der Waals surface area contributed by atoms with Crippen LogP contribution in [0.5, 0.6) is 0 Å². The van der Waals surface area contributed by atoms with Crippen LogP contribution >= 0.6 is 23.2 Å². The Morgan fingerprint density at radius 3 is 2.43 bits per heavy atom. The first-order valence-electron chi connectivity index (χ1n) is 7.00. The van der Waals surface area contributed by atoms with Crippen molar-refractivity contribution in [1.29, 1.82) is 0 Å². The van der Waals surface area contributed by atoms with Gasteiger partial charge in [0.05, 0.1) is 0 Å². The minimum Gasteiger partial charge on any atom is -0.323 e. The molecule has 5 nitrogen and oxygen atoms in total. The molecular formula is C16H11Cl2N5. The van der Waals surface area contributed by atoms with E-state index in [9.17, 15) is 0 Å². The molecule has 0 saturated carbocycles. The minimum absolute atomic E-state index is 0.280. The van der Waals surface area contributed by atoms with Crippen LogP contribution in [0.25, 0.3) is 5.70 Å². The molecule has 7 heteroatoms. The third-order valence-electron chi connectivity index (χ3n) is 3.71. The summed E-state index contributed by atoms with van der Waals surface area (Å²) >= 11 is 12.7. The van der Waals surface area contributed by atoms with Crippen molar-refractivity contribution in [3.8, 4) is 0 Å². The van der Waals surface area contributed by atoms with Crippen LogP contribution in [0.1, 0.15) is 17.2 Å². The lowest BCUT2D eigenvalue weighted by Gasteiger charge is -2.24. The van der Waals surface area contributed by atoms with Crippen molar-refractivity contribution in [2.24, 2.45) is 0 Å². The Morgan fingerprint density at radius 1 is 0.957 bits per heavy atom. The van der Waals surface area contributed by atoms with Crippen molar-refractivity contribution >= 4 is 34.8 Å². The predicted octanol–water partition coefficient (Wildman–Crippen LogP) is 4.04. The van der Waals surface area contributed by atoms with Crippen molar-refractivity contribution in [2.75, 3.05) is 5.32 Å². The molecule has 2 heterocycles. The number of nitrogens with one attached hydrogen (secondary N) is 1. The monoisotopic (exact) mass is 343 g/mol. The molecule has 23 heavy (non-hydrogen) atoms. The van der Waals surface area contributed by atoms with E-state index in [-0.39, 0.29) is 6.04 Å². The second-order valence-electron chi connectivity index (χ2n) is 5.10. The Labute approximate surface area is 142 Å². The molecule has 2 aromatic carbocycles. The van der Waals surface area contributed by atoms with E-state index < -0.39 is 0 Å². The molecule has 0 bridgehead atoms. The van der Waals surface area contributed by atoms with Crippen LogP contribution in [-0.4, -0.2) is 20.2 Å². The van der Waals surface area contributed by atoms with E-state index >= 15 is 0 Å². The summed E-state index contributed by atoms with van der Waals surface area (Å²) in [4.78, 5) is 0. The fraction of sp³-hybridized carbons (Fsp3) is 0.0625. The summed E-state index contributed by atoms with van der Waals surface area (Å²) in [7, 11) is 0. The zero-order valence-corrected chi connectivity index (χ0v) is 13.3. The number of fused-ring (bicyclic) bond motifs is 1. The van der Waals surface area contributed by atoms with Crippen molar-refractivity contribution in [1.82, 2.24) is 20.2 Å². The standard InChI is InChI=1S/C16H11Cl2N5/c17-11-7-4-8-12(18)15(11)14-9-13(10-5-2-1-3-6-10)19-16-20-21-22-23(14)16/h1-9,14H,(H,19,20,22). The molecule has 114 valence electrons. The molecule has 1 N–H and O–H groups in total. The Morgan fingerprint density at radius 2 is 1.70 bits per heavy atom. The molecule has 3 aromatic rings. The number of allylic oxidation sites excluding steroid dienone is 1. The second kappa shape index (κ2) is 5.68. The maximum absolute atomic E-state index is 6.37. The number of benzene rings is 2. The highest BCUT2D eigenvalue weighted by atomic mass is 35.5. The SMILES string of the molecule is Clc1cccc(Cl)c1C1C=C(c2ccccc2)Nc2nnnn21. The molecule has 1 unspecified atom stereocenters. The molecule has 4 rings (SSSR count). The van der Waals surface area contributed by atoms with Crippen molar-refractivity contribution < 1.29 is 0 Å². The van der Waals surface area contributed by atoms with Gasteiger partial charge in [0.1, 0.15) is 6.04 Å². The van der Waals surface area contributed by atoms with Crippen LogP contribution in [0, 0.1) is 0 Å². The molecule has 0 aliphatic carbocycles. The van der Waals surface area contributed by atoms with E-state index in [0.29, 0.717) is 16.0 Å². The Balaban J connectivity index is 1.89. The minimum atomic E-state index is -0.280. The van der Waals surface area contributed by atoms with Gasteiger partial charge in [-0.15, -0.1) is 0 Å². The van der Waals surface area contributed by atoms with E-state index in [1.165, 1.54) is 0 Å². The number of tetrazole rings is 1. The van der Waals surface area contributed by atoms with E-state index in [1.807, 2.05) is 54.6 Å². The molecule has 0 saturated heterocycles. The van der Waals surface area contributed by atoms with Gasteiger partial charge in [-0.2, -0.15) is 4.68 Å². The number of rotatable bonds is 2. The molecular weight excluding hydrogens is 333 g/mol. The first-order chi connectivity index (χ1) is 11.2. The van der Waals surface area contributed by atoms with Gasteiger partial charge in [0.15, 0.2) is 0 Å². The quantitative estimate of drug-likeness (QED) is 0.762. The number of halogens is 2. The van der Waals surface area contributed by atoms with Crippen LogP contribution < -0.4 is 5.32 Å². The van der Waals surface area contributed by atoms with Crippen LogP contribution in [0.15, 0.2) is 54.6 Å². The number of hydrogen-bond donors (Lipinski definition) is 1. The largest absolute Gasteiger partial charge is 0.323 e. The molecule has 0 amide bonds. The van der Waals surface area contributed by atoms with Crippen LogP contribution in [0.2, 0.25) is 10.0 Å². The maximum atomic E-state index is 6.37. The lowest BCUT2D eigenvalue weighted by Crippen LogP contribution is -2.20. The lowest BCUT2D eigenvalue weighted by molar-refractivity contribution is 0.586. The smallest absolute Gasteiger partial charge is 0.248 e. The molecule has 1 aliphatic heterocycles. The average Bonchev–Trinajstić information content (AvgIpc) is 3.04. The van der Waals surface area contributed by atoms with Crippen molar-refractivity contribution in [3.05, 3.63) is 75.8 Å². The van der Waals surface area contributed by atoms with Gasteiger partial charge in [-0.3, -0.25) is 0 Å². The summed E-state index contributed by atoms with van der Waals surface area (Å²) in [6.45, 7) is 0. The maximum Gasteiger partial charge on any atom is 0.248 e. The number of anilines is 1. The summed E-state index contributed by atoms with van der Waals surface area (Å²) in [6.07, 6.45) is 2.02. The third kappa shape index (κ3) is 2.48. The van der Waals surface area contributed by atoms with Gasteiger partial charge in [-0.1, -0.05) is 64.7 Å². The highest BCUT2D eigenvalue weighted by Gasteiger charge is 2.27. The first-order valence-corrected chi connectivity index (χ1v) is 7.75. The van der Waals surface area contributed by atoms with Crippen LogP contribution in [0.4, 0.5) is 5.95 Å². The Bertz CT molecular complexity index is 868. The zero-order chi connectivity index (χ0) is 15.8. The second-order valence-corrected chi connectivity index (χ2v) is 5.91. The van der Waals surface area contributed by atoms with Gasteiger partial charge in [-0.05, 0) is 34.2 Å². The fourth-order valence-electron chi connectivity index (χ4n) is 2.64. The summed E-state index contributed by atoms with van der Waals surface area (Å²) in [6, 6.07) is 15.1. The highest BCUT2D eigenvalue weighted by Crippen LogP contribution is 2.38. The molecule has 1 atom stereocenters. The van der Waals surface area contributed by atoms with Crippen molar-refractivity contribution in [3.63, 3.8) is 0 Å². The first kappa shape index (κ1) is 14.2. The fourth-order valence-corrected chi connectivity index (χ4v) is 3.26. The molecule has 0 radical (unpaired) electrons. The molecule has 0 spiro atoms. The zero-order valence-electron chi connectivity index (χ0n) is 11.8. The third-order valence-corrected chi connectivity index (χ3v) is 4.37. The highest BCUT2D eigenvalue weighted by molar-refractivity contribution is 6.36. The lowest BCUT2D eigenvalue weighted by atomic mass is 10.0. The van der Waals surface area contributed by atoms with E-state index in [1.54, 1.807) is 4.68 Å². The normalized spacial score (nSPS) is 16.4. The van der Waals surface area contributed by atoms with E-state index in [2.05, 4.69) is 20.8 Å². The number of aromatic nitrogens is 4. The number of hydrogen-bond acceptors (Lipinski definition) is 4. The Kier molecular flexibility index (Phi) is 3.52. The summed E-state index contributed by atoms with van der Waals surface area (Å²) in [5.74, 6) is 0.548. The van der Waals surface area contributed by atoms with E-state index in [0.717, 1.165) is 16.8 Å². The molecule has 0 fully saturated rings. The van der Waals surface area contributed by atoms with Gasteiger partial charge in [0.2, 0.25) is 5.95 Å². The van der Waals surface area contributed by atoms with Crippen molar-refractivity contribution in [2.45, 2.75) is 6.04 Å². The van der Waals surface area contributed by atoms with Gasteiger partial charge < -0.3 is 5.32 Å². The van der Waals surface area contributed by atoms with Gasteiger partial charge in [-0.25, -0.2) is 0 Å². The van der Waals surface area contributed by atoms with Crippen LogP contribution in [0.3, 0.4) is 0 Å². The summed E-state index contributed by atoms with van der Waals surface area (Å²) in [5, 5.41) is 16.2. The van der Waals surface area contributed by atoms with Gasteiger partial charge >= 0.3 is 0 Å². The van der Waals surface area contributed by atoms with Crippen LogP contribution in [-0.2, 0) is 0 Å². The summed E-state index contributed by atoms with van der Waals surface area (Å²) < 4.78 is 1.67. The topological polar surface area (TPSA) is 55.6 Å². The van der Waals surface area contributed by atoms with Gasteiger partial charge in [0.25, 0.3) is 0 Å². The predicted molar refractivity (Wildman–Crippen MR) is 90.5 cm³/mol. The van der Waals surface area contributed by atoms with Gasteiger partial charge in [0, 0.05) is 21.3 Å². The molecule has 1 aromatic heterocycles. The summed E-state index contributed by atoms with van der Waals surface area (Å²) in [5.41, 5.74) is 2.73. The molecule has 1 aliphatic rings. The average molecular weight is 344 g/mol. The van der Waals surface area contributed by atoms with E-state index in [4.69, 9.17) is 23.2 Å².